The molecule has 1 N–H and O–H groups in total. The van der Waals surface area contributed by atoms with E-state index in [1.165, 1.54) is 0 Å². The van der Waals surface area contributed by atoms with Crippen molar-refractivity contribution >= 4 is 11.8 Å². The van der Waals surface area contributed by atoms with E-state index in [1.807, 2.05) is 53.3 Å². The van der Waals surface area contributed by atoms with E-state index >= 15 is 0 Å². The second-order valence-corrected chi connectivity index (χ2v) is 7.23. The SMILES string of the molecule is O=C(NCCCn1cccn1)c1ccc2c(c1)CN(Cc1ccccc1)C(=O)CO2. The lowest BCUT2D eigenvalue weighted by Crippen LogP contribution is -2.31. The Kier molecular flexibility index (Phi) is 6.08. The molecule has 0 spiro atoms. The van der Waals surface area contributed by atoms with Crippen molar-refractivity contribution in [3.8, 4) is 5.75 Å². The third kappa shape index (κ3) is 4.86. The zero-order chi connectivity index (χ0) is 20.8. The van der Waals surface area contributed by atoms with Crippen LogP contribution >= 0.6 is 0 Å². The Labute approximate surface area is 175 Å². The van der Waals surface area contributed by atoms with E-state index in [2.05, 4.69) is 10.4 Å². The molecule has 4 rings (SSSR count). The van der Waals surface area contributed by atoms with Crippen molar-refractivity contribution in [3.63, 3.8) is 0 Å². The molecule has 1 aromatic heterocycles. The summed E-state index contributed by atoms with van der Waals surface area (Å²) in [6.07, 6.45) is 4.43. The number of amides is 2. The summed E-state index contributed by atoms with van der Waals surface area (Å²) >= 11 is 0. The maximum atomic E-state index is 12.6. The van der Waals surface area contributed by atoms with Gasteiger partial charge in [0.1, 0.15) is 5.75 Å². The Hall–Kier alpha value is -3.61. The molecular formula is C23H24N4O3. The number of rotatable bonds is 7. The highest BCUT2D eigenvalue weighted by Gasteiger charge is 2.22. The van der Waals surface area contributed by atoms with Crippen molar-refractivity contribution in [3.05, 3.63) is 83.7 Å². The molecule has 0 saturated carbocycles. The number of aromatic nitrogens is 2. The van der Waals surface area contributed by atoms with Crippen LogP contribution in [0.15, 0.2) is 67.0 Å². The van der Waals surface area contributed by atoms with Gasteiger partial charge in [-0.3, -0.25) is 14.3 Å². The first-order valence-electron chi connectivity index (χ1n) is 10.0. The largest absolute Gasteiger partial charge is 0.483 e. The van der Waals surface area contributed by atoms with Crippen LogP contribution in [0, 0.1) is 0 Å². The summed E-state index contributed by atoms with van der Waals surface area (Å²) in [6.45, 7) is 2.22. The molecule has 0 unspecified atom stereocenters. The molecule has 7 nitrogen and oxygen atoms in total. The van der Waals surface area contributed by atoms with Gasteiger partial charge in [0.2, 0.25) is 0 Å². The number of benzene rings is 2. The van der Waals surface area contributed by atoms with Crippen molar-refractivity contribution < 1.29 is 14.3 Å². The molecule has 154 valence electrons. The van der Waals surface area contributed by atoms with Crippen molar-refractivity contribution in [1.82, 2.24) is 20.0 Å². The molecule has 7 heteroatoms. The zero-order valence-electron chi connectivity index (χ0n) is 16.7. The average Bonchev–Trinajstić information content (AvgIpc) is 3.24. The molecule has 1 aliphatic rings. The Morgan fingerprint density at radius 1 is 1.13 bits per heavy atom. The number of nitrogens with one attached hydrogen (secondary N) is 1. The first-order valence-corrected chi connectivity index (χ1v) is 10.0. The van der Waals surface area contributed by atoms with E-state index in [1.54, 1.807) is 23.2 Å². The monoisotopic (exact) mass is 404 g/mol. The molecular weight excluding hydrogens is 380 g/mol. The fraction of sp³-hybridized carbons (Fsp3) is 0.261. The summed E-state index contributed by atoms with van der Waals surface area (Å²) in [5.74, 6) is 0.442. The first-order chi connectivity index (χ1) is 14.7. The molecule has 1 aliphatic heterocycles. The zero-order valence-corrected chi connectivity index (χ0v) is 16.7. The molecule has 0 radical (unpaired) electrons. The molecule has 0 atom stereocenters. The van der Waals surface area contributed by atoms with Crippen molar-refractivity contribution in [1.29, 1.82) is 0 Å². The molecule has 2 aromatic carbocycles. The molecule has 2 amide bonds. The summed E-state index contributed by atoms with van der Waals surface area (Å²) in [6, 6.07) is 17.0. The number of hydrogen-bond donors (Lipinski definition) is 1. The number of carbonyl (C=O) groups excluding carboxylic acids is 2. The van der Waals surface area contributed by atoms with Gasteiger partial charge in [0.05, 0.1) is 0 Å². The third-order valence-electron chi connectivity index (χ3n) is 5.01. The van der Waals surface area contributed by atoms with Crippen LogP contribution in [0.25, 0.3) is 0 Å². The standard InChI is InChI=1S/C23H24N4O3/c28-22-17-30-21-9-8-19(23(29)24-10-4-12-27-13-5-11-25-27)14-20(21)16-26(22)15-18-6-2-1-3-7-18/h1-3,5-9,11,13-14H,4,10,12,15-17H2,(H,24,29). The summed E-state index contributed by atoms with van der Waals surface area (Å²) in [7, 11) is 0. The van der Waals surface area contributed by atoms with Gasteiger partial charge in [-0.2, -0.15) is 5.10 Å². The highest BCUT2D eigenvalue weighted by molar-refractivity contribution is 5.94. The highest BCUT2D eigenvalue weighted by atomic mass is 16.5. The maximum absolute atomic E-state index is 12.6. The Balaban J connectivity index is 1.39. The fourth-order valence-electron chi connectivity index (χ4n) is 3.44. The molecule has 30 heavy (non-hydrogen) atoms. The molecule has 0 bridgehead atoms. The van der Waals surface area contributed by atoms with E-state index in [0.717, 1.165) is 24.1 Å². The second kappa shape index (κ2) is 9.26. The number of fused-ring (bicyclic) bond motifs is 1. The fourth-order valence-corrected chi connectivity index (χ4v) is 3.44. The number of hydrogen-bond acceptors (Lipinski definition) is 4. The van der Waals surface area contributed by atoms with Crippen LogP contribution in [0.4, 0.5) is 0 Å². The predicted octanol–water partition coefficient (Wildman–Crippen LogP) is 2.62. The van der Waals surface area contributed by atoms with Crippen LogP contribution in [-0.4, -0.2) is 39.6 Å². The average molecular weight is 404 g/mol. The number of nitrogens with zero attached hydrogens (tertiary/aromatic N) is 3. The van der Waals surface area contributed by atoms with Crippen LogP contribution in [0.1, 0.15) is 27.9 Å². The van der Waals surface area contributed by atoms with E-state index in [-0.39, 0.29) is 18.4 Å². The van der Waals surface area contributed by atoms with Crippen LogP contribution in [0.3, 0.4) is 0 Å². The number of aryl methyl sites for hydroxylation is 1. The minimum atomic E-state index is -0.136. The van der Waals surface area contributed by atoms with E-state index in [9.17, 15) is 9.59 Å². The predicted molar refractivity (Wildman–Crippen MR) is 112 cm³/mol. The molecule has 0 aliphatic carbocycles. The summed E-state index contributed by atoms with van der Waals surface area (Å²) in [4.78, 5) is 26.8. The molecule has 3 aromatic rings. The van der Waals surface area contributed by atoms with Crippen LogP contribution < -0.4 is 10.1 Å². The third-order valence-corrected chi connectivity index (χ3v) is 5.01. The molecule has 2 heterocycles. The van der Waals surface area contributed by atoms with Gasteiger partial charge in [0.15, 0.2) is 6.61 Å². The second-order valence-electron chi connectivity index (χ2n) is 7.23. The van der Waals surface area contributed by atoms with Crippen LogP contribution in [0.5, 0.6) is 5.75 Å². The quantitative estimate of drug-likeness (QED) is 0.614. The van der Waals surface area contributed by atoms with Crippen molar-refractivity contribution in [2.24, 2.45) is 0 Å². The molecule has 0 saturated heterocycles. The lowest BCUT2D eigenvalue weighted by Gasteiger charge is -2.20. The molecule has 0 fully saturated rings. The summed E-state index contributed by atoms with van der Waals surface area (Å²) < 4.78 is 7.51. The van der Waals surface area contributed by atoms with Gasteiger partial charge in [-0.25, -0.2) is 0 Å². The lowest BCUT2D eigenvalue weighted by atomic mass is 10.1. The van der Waals surface area contributed by atoms with Gasteiger partial charge < -0.3 is 15.0 Å². The van der Waals surface area contributed by atoms with Crippen LogP contribution in [0.2, 0.25) is 0 Å². The Morgan fingerprint density at radius 2 is 2.00 bits per heavy atom. The van der Waals surface area contributed by atoms with Gasteiger partial charge in [-0.05, 0) is 36.2 Å². The van der Waals surface area contributed by atoms with Gasteiger partial charge in [0, 0.05) is 49.7 Å². The van der Waals surface area contributed by atoms with E-state index in [4.69, 9.17) is 4.74 Å². The van der Waals surface area contributed by atoms with E-state index < -0.39 is 0 Å². The lowest BCUT2D eigenvalue weighted by molar-refractivity contribution is -0.133. The van der Waals surface area contributed by atoms with Crippen molar-refractivity contribution in [2.75, 3.05) is 13.2 Å². The summed E-state index contributed by atoms with van der Waals surface area (Å²) in [5, 5.41) is 7.09. The number of ether oxygens (including phenoxy) is 1. The minimum Gasteiger partial charge on any atom is -0.483 e. The van der Waals surface area contributed by atoms with Gasteiger partial charge >= 0.3 is 0 Å². The van der Waals surface area contributed by atoms with Crippen molar-refractivity contribution in [2.45, 2.75) is 26.1 Å². The Morgan fingerprint density at radius 3 is 2.80 bits per heavy atom. The van der Waals surface area contributed by atoms with Crippen LogP contribution in [-0.2, 0) is 24.4 Å². The van der Waals surface area contributed by atoms with Gasteiger partial charge in [-0.1, -0.05) is 30.3 Å². The normalized spacial score (nSPS) is 13.3. The first kappa shape index (κ1) is 19.7. The maximum Gasteiger partial charge on any atom is 0.261 e. The van der Waals surface area contributed by atoms with Gasteiger partial charge in [-0.15, -0.1) is 0 Å². The minimum absolute atomic E-state index is 0.00119. The Bertz CT molecular complexity index is 1000. The summed E-state index contributed by atoms with van der Waals surface area (Å²) in [5.41, 5.74) is 2.45. The number of carbonyl (C=O) groups is 2. The smallest absolute Gasteiger partial charge is 0.261 e. The topological polar surface area (TPSA) is 76.5 Å². The van der Waals surface area contributed by atoms with Gasteiger partial charge in [0.25, 0.3) is 11.8 Å². The highest BCUT2D eigenvalue weighted by Crippen LogP contribution is 2.25. The van der Waals surface area contributed by atoms with E-state index in [0.29, 0.717) is 30.9 Å².